The summed E-state index contributed by atoms with van der Waals surface area (Å²) in [6, 6.07) is 4.49. The van der Waals surface area contributed by atoms with Crippen molar-refractivity contribution in [3.05, 3.63) is 39.2 Å². The minimum absolute atomic E-state index is 1.08. The Balaban J connectivity index is 2.17. The van der Waals surface area contributed by atoms with E-state index in [4.69, 9.17) is 4.98 Å². The van der Waals surface area contributed by atoms with Gasteiger partial charge in [-0.25, -0.2) is 4.98 Å². The van der Waals surface area contributed by atoms with E-state index in [0.29, 0.717) is 0 Å². The normalized spacial score (nSPS) is 11.3. The van der Waals surface area contributed by atoms with Gasteiger partial charge in [0, 0.05) is 17.4 Å². The molecule has 2 aromatic rings. The number of aromatic nitrogens is 1. The first-order valence-corrected chi connectivity index (χ1v) is 8.02. The highest BCUT2D eigenvalue weighted by Crippen LogP contribution is 2.29. The number of thiazole rings is 1. The van der Waals surface area contributed by atoms with Crippen LogP contribution in [-0.2, 0) is 6.42 Å². The predicted octanol–water partition coefficient (Wildman–Crippen LogP) is 4.23. The lowest BCUT2D eigenvalue weighted by Gasteiger charge is -2.09. The standard InChI is InChI=1S/C17H24N2S/c1-12-9-13(2)17(14(3)10-12)15-11-20-16(18-15)7-6-8-19(4)5/h9-11H,6-8H2,1-5H3. The van der Waals surface area contributed by atoms with Crippen molar-refractivity contribution in [1.82, 2.24) is 9.88 Å². The van der Waals surface area contributed by atoms with Crippen molar-refractivity contribution in [2.75, 3.05) is 20.6 Å². The fraction of sp³-hybridized carbons (Fsp3) is 0.471. The van der Waals surface area contributed by atoms with Gasteiger partial charge in [-0.15, -0.1) is 11.3 Å². The van der Waals surface area contributed by atoms with Crippen LogP contribution in [0.4, 0.5) is 0 Å². The van der Waals surface area contributed by atoms with Crippen molar-refractivity contribution in [3.63, 3.8) is 0 Å². The second-order valence-electron chi connectivity index (χ2n) is 5.81. The second kappa shape index (κ2) is 6.51. The van der Waals surface area contributed by atoms with Gasteiger partial charge in [0.2, 0.25) is 0 Å². The van der Waals surface area contributed by atoms with Crippen molar-refractivity contribution in [2.45, 2.75) is 33.6 Å². The van der Waals surface area contributed by atoms with Gasteiger partial charge in [-0.2, -0.15) is 0 Å². The summed E-state index contributed by atoms with van der Waals surface area (Å²) in [6.07, 6.45) is 2.25. The van der Waals surface area contributed by atoms with Gasteiger partial charge < -0.3 is 4.90 Å². The molecular weight excluding hydrogens is 264 g/mol. The van der Waals surface area contributed by atoms with E-state index in [1.807, 2.05) is 0 Å². The summed E-state index contributed by atoms with van der Waals surface area (Å²) in [5.41, 5.74) is 6.43. The molecule has 0 saturated carbocycles. The lowest BCUT2D eigenvalue weighted by molar-refractivity contribution is 0.400. The van der Waals surface area contributed by atoms with E-state index >= 15 is 0 Å². The van der Waals surface area contributed by atoms with Crippen LogP contribution in [-0.4, -0.2) is 30.5 Å². The average Bonchev–Trinajstić information content (AvgIpc) is 2.75. The highest BCUT2D eigenvalue weighted by atomic mass is 32.1. The van der Waals surface area contributed by atoms with Crippen LogP contribution in [0.25, 0.3) is 11.3 Å². The second-order valence-corrected chi connectivity index (χ2v) is 6.75. The molecule has 20 heavy (non-hydrogen) atoms. The van der Waals surface area contributed by atoms with Crippen LogP contribution in [0.1, 0.15) is 28.1 Å². The van der Waals surface area contributed by atoms with Crippen molar-refractivity contribution in [3.8, 4) is 11.3 Å². The van der Waals surface area contributed by atoms with Gasteiger partial charge in [-0.05, 0) is 59.0 Å². The zero-order valence-electron chi connectivity index (χ0n) is 13.2. The topological polar surface area (TPSA) is 16.1 Å². The number of aryl methyl sites for hydroxylation is 4. The van der Waals surface area contributed by atoms with E-state index in [2.05, 4.69) is 57.3 Å². The number of hydrogen-bond acceptors (Lipinski definition) is 3. The summed E-state index contributed by atoms with van der Waals surface area (Å²) in [5, 5.41) is 3.46. The SMILES string of the molecule is Cc1cc(C)c(-c2csc(CCCN(C)C)n2)c(C)c1. The highest BCUT2D eigenvalue weighted by Gasteiger charge is 2.10. The van der Waals surface area contributed by atoms with Crippen LogP contribution < -0.4 is 0 Å². The highest BCUT2D eigenvalue weighted by molar-refractivity contribution is 7.09. The van der Waals surface area contributed by atoms with Crippen LogP contribution in [0.3, 0.4) is 0 Å². The molecular formula is C17H24N2S. The van der Waals surface area contributed by atoms with Crippen molar-refractivity contribution < 1.29 is 0 Å². The molecule has 0 bridgehead atoms. The van der Waals surface area contributed by atoms with E-state index in [1.54, 1.807) is 11.3 Å². The molecule has 0 aliphatic carbocycles. The van der Waals surface area contributed by atoms with Crippen molar-refractivity contribution >= 4 is 11.3 Å². The Labute approximate surface area is 126 Å². The van der Waals surface area contributed by atoms with Gasteiger partial charge in [0.15, 0.2) is 0 Å². The molecule has 108 valence electrons. The van der Waals surface area contributed by atoms with E-state index in [9.17, 15) is 0 Å². The first-order chi connectivity index (χ1) is 9.47. The third-order valence-corrected chi connectivity index (χ3v) is 4.39. The van der Waals surface area contributed by atoms with Gasteiger partial charge in [0.1, 0.15) is 0 Å². The summed E-state index contributed by atoms with van der Waals surface area (Å²) < 4.78 is 0. The zero-order chi connectivity index (χ0) is 14.7. The molecule has 0 aliphatic heterocycles. The van der Waals surface area contributed by atoms with Gasteiger partial charge >= 0.3 is 0 Å². The molecule has 0 aliphatic rings. The molecule has 0 fully saturated rings. The minimum atomic E-state index is 1.08. The van der Waals surface area contributed by atoms with Crippen LogP contribution in [0.2, 0.25) is 0 Å². The molecule has 0 radical (unpaired) electrons. The zero-order valence-corrected chi connectivity index (χ0v) is 14.0. The molecule has 0 amide bonds. The van der Waals surface area contributed by atoms with Crippen LogP contribution >= 0.6 is 11.3 Å². The predicted molar refractivity (Wildman–Crippen MR) is 88.6 cm³/mol. The number of nitrogens with zero attached hydrogens (tertiary/aromatic N) is 2. The molecule has 2 nitrogen and oxygen atoms in total. The number of hydrogen-bond donors (Lipinski definition) is 0. The third kappa shape index (κ3) is 3.68. The smallest absolute Gasteiger partial charge is 0.0933 e. The number of rotatable bonds is 5. The summed E-state index contributed by atoms with van der Waals surface area (Å²) >= 11 is 1.79. The lowest BCUT2D eigenvalue weighted by atomic mass is 9.98. The molecule has 0 saturated heterocycles. The first kappa shape index (κ1) is 15.2. The monoisotopic (exact) mass is 288 g/mol. The fourth-order valence-electron chi connectivity index (χ4n) is 2.67. The van der Waals surface area contributed by atoms with Gasteiger partial charge in [-0.1, -0.05) is 17.7 Å². The van der Waals surface area contributed by atoms with Crippen LogP contribution in [0.15, 0.2) is 17.5 Å². The summed E-state index contributed by atoms with van der Waals surface area (Å²) in [6.45, 7) is 7.63. The van der Waals surface area contributed by atoms with E-state index in [1.165, 1.54) is 33.7 Å². The minimum Gasteiger partial charge on any atom is -0.309 e. The number of benzene rings is 1. The molecule has 2 rings (SSSR count). The van der Waals surface area contributed by atoms with E-state index in [0.717, 1.165) is 18.7 Å². The van der Waals surface area contributed by atoms with Crippen LogP contribution in [0, 0.1) is 20.8 Å². The van der Waals surface area contributed by atoms with E-state index < -0.39 is 0 Å². The quantitative estimate of drug-likeness (QED) is 0.818. The van der Waals surface area contributed by atoms with Crippen LogP contribution in [0.5, 0.6) is 0 Å². The molecule has 0 unspecified atom stereocenters. The van der Waals surface area contributed by atoms with Crippen molar-refractivity contribution in [1.29, 1.82) is 0 Å². The maximum absolute atomic E-state index is 4.83. The molecule has 0 atom stereocenters. The Hall–Kier alpha value is -1.19. The van der Waals surface area contributed by atoms with Crippen molar-refractivity contribution in [2.24, 2.45) is 0 Å². The molecule has 0 spiro atoms. The van der Waals surface area contributed by atoms with Gasteiger partial charge in [0.05, 0.1) is 10.7 Å². The maximum Gasteiger partial charge on any atom is 0.0933 e. The maximum atomic E-state index is 4.83. The van der Waals surface area contributed by atoms with Gasteiger partial charge in [-0.3, -0.25) is 0 Å². The molecule has 3 heteroatoms. The summed E-state index contributed by atoms with van der Waals surface area (Å²) in [4.78, 5) is 7.05. The van der Waals surface area contributed by atoms with Gasteiger partial charge in [0.25, 0.3) is 0 Å². The summed E-state index contributed by atoms with van der Waals surface area (Å²) in [7, 11) is 4.23. The molecule has 1 heterocycles. The molecule has 1 aromatic carbocycles. The molecule has 0 N–H and O–H groups in total. The average molecular weight is 288 g/mol. The Morgan fingerprint density at radius 1 is 1.10 bits per heavy atom. The Kier molecular flexibility index (Phi) is 4.95. The van der Waals surface area contributed by atoms with E-state index in [-0.39, 0.29) is 0 Å². The summed E-state index contributed by atoms with van der Waals surface area (Å²) in [5.74, 6) is 0. The first-order valence-electron chi connectivity index (χ1n) is 7.14. The Morgan fingerprint density at radius 2 is 1.75 bits per heavy atom. The molecule has 1 aromatic heterocycles. The fourth-order valence-corrected chi connectivity index (χ4v) is 3.50. The third-order valence-electron chi connectivity index (χ3n) is 3.48. The largest absolute Gasteiger partial charge is 0.309 e. The lowest BCUT2D eigenvalue weighted by Crippen LogP contribution is -2.13. The Morgan fingerprint density at radius 3 is 2.35 bits per heavy atom. The Bertz CT molecular complexity index is 561.